The Hall–Kier alpha value is -4.62. The maximum atomic E-state index is 12.9. The lowest BCUT2D eigenvalue weighted by atomic mass is 10.1. The predicted octanol–water partition coefficient (Wildman–Crippen LogP) is 5.97. The number of aryl methyl sites for hydroxylation is 1. The van der Waals surface area contributed by atoms with Crippen LogP contribution in [-0.4, -0.2) is 32.4 Å². The number of benzene rings is 3. The molecule has 1 atom stereocenters. The van der Waals surface area contributed by atoms with Gasteiger partial charge in [-0.15, -0.1) is 0 Å². The van der Waals surface area contributed by atoms with Gasteiger partial charge in [0, 0.05) is 23.8 Å². The van der Waals surface area contributed by atoms with Crippen LogP contribution in [0.5, 0.6) is 5.75 Å². The molecular formula is C31H26ClN3O4. The molecule has 5 rings (SSSR count). The van der Waals surface area contributed by atoms with Crippen LogP contribution in [-0.2, 0) is 17.8 Å². The average molecular weight is 540 g/mol. The molecule has 3 aromatic carbocycles. The van der Waals surface area contributed by atoms with Gasteiger partial charge < -0.3 is 19.6 Å². The van der Waals surface area contributed by atoms with Crippen LogP contribution in [0.1, 0.15) is 27.2 Å². The Kier molecular flexibility index (Phi) is 7.61. The first kappa shape index (κ1) is 26.0. The maximum absolute atomic E-state index is 12.9. The number of rotatable bonds is 9. The van der Waals surface area contributed by atoms with E-state index in [1.807, 2.05) is 61.5 Å². The van der Waals surface area contributed by atoms with Crippen LogP contribution in [0.15, 0.2) is 97.3 Å². The summed E-state index contributed by atoms with van der Waals surface area (Å²) < 4.78 is 7.57. The van der Waals surface area contributed by atoms with E-state index in [-0.39, 0.29) is 12.1 Å². The predicted molar refractivity (Wildman–Crippen MR) is 150 cm³/mol. The van der Waals surface area contributed by atoms with Crippen molar-refractivity contribution in [3.63, 3.8) is 0 Å². The first-order valence-electron chi connectivity index (χ1n) is 12.4. The van der Waals surface area contributed by atoms with Crippen molar-refractivity contribution in [1.82, 2.24) is 14.7 Å². The van der Waals surface area contributed by atoms with Crippen LogP contribution >= 0.6 is 11.6 Å². The summed E-state index contributed by atoms with van der Waals surface area (Å²) in [6.45, 7) is 2.47. The summed E-state index contributed by atoms with van der Waals surface area (Å²) in [6.07, 6.45) is 3.50. The number of imidazole rings is 1. The summed E-state index contributed by atoms with van der Waals surface area (Å²) in [4.78, 5) is 29.3. The minimum atomic E-state index is -1.13. The highest BCUT2D eigenvalue weighted by atomic mass is 35.5. The molecule has 0 spiro atoms. The van der Waals surface area contributed by atoms with E-state index >= 15 is 0 Å². The van der Waals surface area contributed by atoms with Gasteiger partial charge in [-0.3, -0.25) is 4.79 Å². The molecule has 196 valence electrons. The normalized spacial score (nSPS) is 11.7. The summed E-state index contributed by atoms with van der Waals surface area (Å²) in [6, 6.07) is 25.4. The number of aliphatic carboxylic acids is 1. The Morgan fingerprint density at radius 2 is 1.74 bits per heavy atom. The first-order chi connectivity index (χ1) is 18.8. The van der Waals surface area contributed by atoms with E-state index in [2.05, 4.69) is 16.4 Å². The Morgan fingerprint density at radius 1 is 0.974 bits per heavy atom. The molecule has 1 unspecified atom stereocenters. The van der Waals surface area contributed by atoms with Crippen LogP contribution in [0.2, 0.25) is 5.02 Å². The Bertz CT molecular complexity index is 1630. The number of carboxylic acid groups (broad SMARTS) is 1. The van der Waals surface area contributed by atoms with Gasteiger partial charge in [0.15, 0.2) is 0 Å². The second-order valence-corrected chi connectivity index (χ2v) is 9.74. The second-order valence-electron chi connectivity index (χ2n) is 9.30. The molecule has 5 aromatic rings. The number of nitrogens with zero attached hydrogens (tertiary/aromatic N) is 2. The van der Waals surface area contributed by atoms with Crippen LogP contribution in [0.4, 0.5) is 0 Å². The number of halogens is 1. The number of carboxylic acids is 1. The van der Waals surface area contributed by atoms with Crippen LogP contribution in [0.25, 0.3) is 16.8 Å². The molecule has 0 saturated heterocycles. The van der Waals surface area contributed by atoms with Gasteiger partial charge in [0.25, 0.3) is 5.91 Å². The van der Waals surface area contributed by atoms with Gasteiger partial charge in [-0.05, 0) is 65.6 Å². The highest BCUT2D eigenvalue weighted by Gasteiger charge is 2.23. The van der Waals surface area contributed by atoms with E-state index in [0.717, 1.165) is 22.3 Å². The van der Waals surface area contributed by atoms with Crippen molar-refractivity contribution in [2.45, 2.75) is 26.0 Å². The van der Waals surface area contributed by atoms with Crippen molar-refractivity contribution in [1.29, 1.82) is 0 Å². The van der Waals surface area contributed by atoms with E-state index in [1.54, 1.807) is 41.1 Å². The third kappa shape index (κ3) is 6.45. The van der Waals surface area contributed by atoms with Gasteiger partial charge in [-0.25, -0.2) is 9.78 Å². The number of carbonyl (C=O) groups is 2. The van der Waals surface area contributed by atoms with Gasteiger partial charge >= 0.3 is 5.97 Å². The Labute approximate surface area is 230 Å². The van der Waals surface area contributed by atoms with Gasteiger partial charge in [0.2, 0.25) is 0 Å². The van der Waals surface area contributed by atoms with E-state index < -0.39 is 17.9 Å². The molecule has 2 N–H and O–H groups in total. The number of amides is 1. The number of hydrogen-bond donors (Lipinski definition) is 2. The van der Waals surface area contributed by atoms with Crippen molar-refractivity contribution in [3.8, 4) is 16.9 Å². The van der Waals surface area contributed by atoms with Crippen LogP contribution in [0, 0.1) is 6.92 Å². The van der Waals surface area contributed by atoms with Crippen molar-refractivity contribution in [2.24, 2.45) is 0 Å². The number of carbonyl (C=O) groups excluding carboxylic acids is 1. The third-order valence-electron chi connectivity index (χ3n) is 6.32. The highest BCUT2D eigenvalue weighted by molar-refractivity contribution is 6.30. The van der Waals surface area contributed by atoms with Gasteiger partial charge in [-0.2, -0.15) is 0 Å². The van der Waals surface area contributed by atoms with Gasteiger partial charge in [0.05, 0.1) is 0 Å². The second kappa shape index (κ2) is 11.4. The molecule has 39 heavy (non-hydrogen) atoms. The van der Waals surface area contributed by atoms with Crippen LogP contribution < -0.4 is 10.1 Å². The monoisotopic (exact) mass is 539 g/mol. The highest BCUT2D eigenvalue weighted by Crippen LogP contribution is 2.23. The molecule has 0 radical (unpaired) electrons. The summed E-state index contributed by atoms with van der Waals surface area (Å²) in [5, 5.41) is 13.0. The topological polar surface area (TPSA) is 92.9 Å². The average Bonchev–Trinajstić information content (AvgIpc) is 3.36. The summed E-state index contributed by atoms with van der Waals surface area (Å²) in [5.41, 5.74) is 5.59. The Balaban J connectivity index is 1.23. The molecule has 0 saturated carbocycles. The van der Waals surface area contributed by atoms with E-state index in [4.69, 9.17) is 16.3 Å². The molecular weight excluding hydrogens is 514 g/mol. The smallest absolute Gasteiger partial charge is 0.326 e. The molecule has 8 heteroatoms. The lowest BCUT2D eigenvalue weighted by Crippen LogP contribution is -2.42. The van der Waals surface area contributed by atoms with Gasteiger partial charge in [-0.1, -0.05) is 65.7 Å². The number of pyridine rings is 1. The van der Waals surface area contributed by atoms with Crippen molar-refractivity contribution >= 4 is 29.1 Å². The zero-order valence-corrected chi connectivity index (χ0v) is 21.9. The number of fused-ring (bicyclic) bond motifs is 1. The quantitative estimate of drug-likeness (QED) is 0.241. The zero-order valence-electron chi connectivity index (χ0n) is 21.2. The SMILES string of the molecule is Cc1cccc(COc2ccc(CC(NC(=O)c3cn4ccc(-c5ccc(Cl)cc5)cc4n3)C(=O)O)cc2)c1. The zero-order chi connectivity index (χ0) is 27.4. The molecule has 0 aliphatic heterocycles. The van der Waals surface area contributed by atoms with E-state index in [9.17, 15) is 14.7 Å². The third-order valence-corrected chi connectivity index (χ3v) is 6.58. The fourth-order valence-electron chi connectivity index (χ4n) is 4.27. The summed E-state index contributed by atoms with van der Waals surface area (Å²) in [7, 11) is 0. The molecule has 7 nitrogen and oxygen atoms in total. The molecule has 2 aromatic heterocycles. The fourth-order valence-corrected chi connectivity index (χ4v) is 4.40. The molecule has 0 aliphatic carbocycles. The molecule has 0 fully saturated rings. The summed E-state index contributed by atoms with van der Waals surface area (Å²) in [5.74, 6) is -1.01. The van der Waals surface area contributed by atoms with Gasteiger partial charge in [0.1, 0.15) is 29.7 Å². The molecule has 2 heterocycles. The molecule has 0 bridgehead atoms. The minimum Gasteiger partial charge on any atom is -0.489 e. The maximum Gasteiger partial charge on any atom is 0.326 e. The first-order valence-corrected chi connectivity index (χ1v) is 12.8. The van der Waals surface area contributed by atoms with E-state index in [1.165, 1.54) is 5.56 Å². The van der Waals surface area contributed by atoms with E-state index in [0.29, 0.717) is 23.0 Å². The number of nitrogens with one attached hydrogen (secondary N) is 1. The minimum absolute atomic E-state index is 0.118. The molecule has 1 amide bonds. The summed E-state index contributed by atoms with van der Waals surface area (Å²) >= 11 is 5.98. The molecule has 0 aliphatic rings. The largest absolute Gasteiger partial charge is 0.489 e. The number of ether oxygens (including phenoxy) is 1. The van der Waals surface area contributed by atoms with Crippen molar-refractivity contribution < 1.29 is 19.4 Å². The lowest BCUT2D eigenvalue weighted by molar-refractivity contribution is -0.139. The lowest BCUT2D eigenvalue weighted by Gasteiger charge is -2.14. The standard InChI is InChI=1S/C31H26ClN3O4/c1-20-3-2-4-22(15-20)19-39-26-11-5-21(6-12-26)16-27(31(37)38)34-30(36)28-18-35-14-13-24(17-29(35)33-28)23-7-9-25(32)10-8-23/h2-15,17-18,27H,16,19H2,1H3,(H,34,36)(H,37,38). The Morgan fingerprint density at radius 3 is 2.46 bits per heavy atom. The van der Waals surface area contributed by atoms with Crippen molar-refractivity contribution in [2.75, 3.05) is 0 Å². The van der Waals surface area contributed by atoms with Crippen LogP contribution in [0.3, 0.4) is 0 Å². The fraction of sp³-hybridized carbons (Fsp3) is 0.129. The number of hydrogen-bond acceptors (Lipinski definition) is 4. The number of aromatic nitrogens is 2. The van der Waals surface area contributed by atoms with Crippen molar-refractivity contribution in [3.05, 3.63) is 125 Å².